The van der Waals surface area contributed by atoms with Crippen LogP contribution < -0.4 is 0 Å². The zero-order valence-corrected chi connectivity index (χ0v) is 9.91. The Kier molecular flexibility index (Phi) is 2.51. The summed E-state index contributed by atoms with van der Waals surface area (Å²) in [4.78, 5) is 5.79. The van der Waals surface area contributed by atoms with E-state index in [1.165, 1.54) is 4.88 Å². The number of thiazole rings is 1. The molecule has 0 aliphatic carbocycles. The summed E-state index contributed by atoms with van der Waals surface area (Å²) in [7, 11) is 0. The van der Waals surface area contributed by atoms with Crippen LogP contribution in [0.1, 0.15) is 5.69 Å². The second-order valence-electron chi connectivity index (χ2n) is 3.22. The van der Waals surface area contributed by atoms with Crippen molar-refractivity contribution in [1.82, 2.24) is 20.0 Å². The van der Waals surface area contributed by atoms with Crippen molar-refractivity contribution in [1.29, 1.82) is 0 Å². The number of hydrogen-bond acceptors (Lipinski definition) is 5. The van der Waals surface area contributed by atoms with E-state index in [0.29, 0.717) is 6.54 Å². The zero-order chi connectivity index (χ0) is 10.8. The summed E-state index contributed by atoms with van der Waals surface area (Å²) in [5.41, 5.74) is 1.03. The Balaban J connectivity index is 1.83. The lowest BCUT2D eigenvalue weighted by Gasteiger charge is -1.94. The summed E-state index contributed by atoms with van der Waals surface area (Å²) in [5, 5.41) is 12.9. The van der Waals surface area contributed by atoms with Crippen LogP contribution >= 0.6 is 22.7 Å². The van der Waals surface area contributed by atoms with E-state index < -0.39 is 0 Å². The van der Waals surface area contributed by atoms with Crippen LogP contribution in [-0.4, -0.2) is 20.0 Å². The fourth-order valence-corrected chi connectivity index (χ4v) is 3.00. The van der Waals surface area contributed by atoms with Crippen LogP contribution in [0.5, 0.6) is 0 Å². The van der Waals surface area contributed by atoms with E-state index in [1.54, 1.807) is 33.6 Å². The molecule has 0 amide bonds. The van der Waals surface area contributed by atoms with Gasteiger partial charge in [-0.3, -0.25) is 0 Å². The van der Waals surface area contributed by atoms with Gasteiger partial charge in [-0.15, -0.1) is 27.8 Å². The highest BCUT2D eigenvalue weighted by atomic mass is 32.1. The normalized spacial score (nSPS) is 10.8. The molecule has 3 aromatic rings. The molecule has 3 aromatic heterocycles. The SMILES string of the molecule is c1csc(-c2nc(Cn3ccnn3)cs2)c1. The van der Waals surface area contributed by atoms with Crippen LogP contribution in [0.15, 0.2) is 35.3 Å². The Morgan fingerprint density at radius 2 is 2.31 bits per heavy atom. The van der Waals surface area contributed by atoms with Gasteiger partial charge in [0.05, 0.1) is 23.3 Å². The maximum atomic E-state index is 4.57. The molecule has 0 aromatic carbocycles. The maximum absolute atomic E-state index is 4.57. The summed E-state index contributed by atoms with van der Waals surface area (Å²) in [6.45, 7) is 0.682. The van der Waals surface area contributed by atoms with Gasteiger partial charge in [-0.05, 0) is 11.4 Å². The van der Waals surface area contributed by atoms with E-state index >= 15 is 0 Å². The summed E-state index contributed by atoms with van der Waals surface area (Å²) >= 11 is 3.38. The van der Waals surface area contributed by atoms with Gasteiger partial charge < -0.3 is 0 Å². The Labute approximate surface area is 100 Å². The van der Waals surface area contributed by atoms with Crippen molar-refractivity contribution in [3.05, 3.63) is 41.0 Å². The Bertz CT molecular complexity index is 553. The monoisotopic (exact) mass is 248 g/mol. The molecule has 3 heterocycles. The van der Waals surface area contributed by atoms with Gasteiger partial charge in [0.25, 0.3) is 0 Å². The molecule has 80 valence electrons. The van der Waals surface area contributed by atoms with Crippen LogP contribution in [0.4, 0.5) is 0 Å². The molecule has 4 nitrogen and oxygen atoms in total. The van der Waals surface area contributed by atoms with Gasteiger partial charge in [-0.25, -0.2) is 9.67 Å². The molecule has 0 saturated heterocycles. The van der Waals surface area contributed by atoms with Gasteiger partial charge in [-0.1, -0.05) is 11.3 Å². The van der Waals surface area contributed by atoms with E-state index in [0.717, 1.165) is 10.7 Å². The van der Waals surface area contributed by atoms with Crippen molar-refractivity contribution in [3.8, 4) is 9.88 Å². The molecule has 0 unspecified atom stereocenters. The second kappa shape index (κ2) is 4.15. The molecular weight excluding hydrogens is 240 g/mol. The molecule has 0 bridgehead atoms. The number of aromatic nitrogens is 4. The summed E-state index contributed by atoms with van der Waals surface area (Å²) in [6, 6.07) is 4.13. The number of rotatable bonds is 3. The maximum Gasteiger partial charge on any atom is 0.133 e. The quantitative estimate of drug-likeness (QED) is 0.715. The number of thiophene rings is 1. The highest BCUT2D eigenvalue weighted by Gasteiger charge is 2.05. The van der Waals surface area contributed by atoms with Gasteiger partial charge in [0.1, 0.15) is 5.01 Å². The molecule has 0 saturated carbocycles. The standard InChI is InChI=1S/C10H8N4S2/c1-2-9(15-5-1)10-12-8(7-16-10)6-14-4-3-11-13-14/h1-5,7H,6H2. The average Bonchev–Trinajstić information content (AvgIpc) is 2.99. The number of nitrogens with zero attached hydrogens (tertiary/aromatic N) is 4. The summed E-state index contributed by atoms with van der Waals surface area (Å²) in [6.07, 6.45) is 3.51. The first-order chi connectivity index (χ1) is 7.92. The van der Waals surface area contributed by atoms with E-state index in [1.807, 2.05) is 12.3 Å². The van der Waals surface area contributed by atoms with Crippen molar-refractivity contribution >= 4 is 22.7 Å². The van der Waals surface area contributed by atoms with E-state index in [2.05, 4.69) is 32.1 Å². The molecular formula is C10H8N4S2. The van der Waals surface area contributed by atoms with Crippen molar-refractivity contribution in [3.63, 3.8) is 0 Å². The first-order valence-electron chi connectivity index (χ1n) is 4.74. The fourth-order valence-electron chi connectivity index (χ4n) is 1.38. The first-order valence-corrected chi connectivity index (χ1v) is 6.50. The van der Waals surface area contributed by atoms with Crippen molar-refractivity contribution < 1.29 is 0 Å². The predicted octanol–water partition coefficient (Wildman–Crippen LogP) is 2.51. The van der Waals surface area contributed by atoms with E-state index in [9.17, 15) is 0 Å². The van der Waals surface area contributed by atoms with Gasteiger partial charge in [0.15, 0.2) is 0 Å². The van der Waals surface area contributed by atoms with Crippen LogP contribution in [0.2, 0.25) is 0 Å². The van der Waals surface area contributed by atoms with Gasteiger partial charge in [0, 0.05) is 11.6 Å². The van der Waals surface area contributed by atoms with Crippen molar-refractivity contribution in [2.75, 3.05) is 0 Å². The first kappa shape index (κ1) is 9.68. The van der Waals surface area contributed by atoms with Crippen LogP contribution in [-0.2, 0) is 6.54 Å². The largest absolute Gasteiger partial charge is 0.247 e. The lowest BCUT2D eigenvalue weighted by atomic mass is 10.4. The molecule has 3 rings (SSSR count). The Morgan fingerprint density at radius 3 is 3.06 bits per heavy atom. The molecule has 0 N–H and O–H groups in total. The summed E-state index contributed by atoms with van der Waals surface area (Å²) in [5.74, 6) is 0. The molecule has 0 radical (unpaired) electrons. The molecule has 6 heteroatoms. The molecule has 16 heavy (non-hydrogen) atoms. The van der Waals surface area contributed by atoms with Crippen LogP contribution in [0.25, 0.3) is 9.88 Å². The minimum atomic E-state index is 0.682. The average molecular weight is 248 g/mol. The highest BCUT2D eigenvalue weighted by molar-refractivity contribution is 7.20. The smallest absolute Gasteiger partial charge is 0.133 e. The third-order valence-corrected chi connectivity index (χ3v) is 4.01. The van der Waals surface area contributed by atoms with E-state index in [-0.39, 0.29) is 0 Å². The van der Waals surface area contributed by atoms with Gasteiger partial charge in [0.2, 0.25) is 0 Å². The lowest BCUT2D eigenvalue weighted by Crippen LogP contribution is -2.00. The molecule has 0 spiro atoms. The zero-order valence-electron chi connectivity index (χ0n) is 8.28. The predicted molar refractivity (Wildman–Crippen MR) is 64.6 cm³/mol. The highest BCUT2D eigenvalue weighted by Crippen LogP contribution is 2.27. The third kappa shape index (κ3) is 1.89. The minimum absolute atomic E-state index is 0.682. The fraction of sp³-hybridized carbons (Fsp3) is 0.100. The van der Waals surface area contributed by atoms with Gasteiger partial charge in [-0.2, -0.15) is 0 Å². The second-order valence-corrected chi connectivity index (χ2v) is 5.03. The van der Waals surface area contributed by atoms with Gasteiger partial charge >= 0.3 is 0 Å². The molecule has 0 atom stereocenters. The molecule has 0 fully saturated rings. The number of hydrogen-bond donors (Lipinski definition) is 0. The van der Waals surface area contributed by atoms with Crippen LogP contribution in [0.3, 0.4) is 0 Å². The minimum Gasteiger partial charge on any atom is -0.247 e. The van der Waals surface area contributed by atoms with E-state index in [4.69, 9.17) is 0 Å². The Hall–Kier alpha value is -1.53. The summed E-state index contributed by atoms with van der Waals surface area (Å²) < 4.78 is 1.77. The lowest BCUT2D eigenvalue weighted by molar-refractivity contribution is 0.641. The third-order valence-electron chi connectivity index (χ3n) is 2.08. The Morgan fingerprint density at radius 1 is 1.31 bits per heavy atom. The topological polar surface area (TPSA) is 43.6 Å². The van der Waals surface area contributed by atoms with Crippen LogP contribution in [0, 0.1) is 0 Å². The van der Waals surface area contributed by atoms with Crippen molar-refractivity contribution in [2.24, 2.45) is 0 Å². The molecule has 0 aliphatic heterocycles. The van der Waals surface area contributed by atoms with Crippen molar-refractivity contribution in [2.45, 2.75) is 6.54 Å². The molecule has 0 aliphatic rings.